The quantitative estimate of drug-likeness (QED) is 0.623. The van der Waals surface area contributed by atoms with Gasteiger partial charge in [-0.25, -0.2) is 18.0 Å². The first kappa shape index (κ1) is 15.7. The van der Waals surface area contributed by atoms with Crippen molar-refractivity contribution in [2.45, 2.75) is 12.5 Å². The van der Waals surface area contributed by atoms with Gasteiger partial charge in [0, 0.05) is 19.3 Å². The summed E-state index contributed by atoms with van der Waals surface area (Å²) < 4.78 is 26.8. The summed E-state index contributed by atoms with van der Waals surface area (Å²) in [6.45, 7) is 0.650. The number of sulfone groups is 1. The number of carboxylic acid groups (broad SMARTS) is 1. The van der Waals surface area contributed by atoms with Crippen molar-refractivity contribution in [3.05, 3.63) is 0 Å². The maximum Gasteiger partial charge on any atom is 0.328 e. The SMILES string of the molecule is CS(=O)(=O)CCCNC(=O)N1CCOCC1C(=O)O. The van der Waals surface area contributed by atoms with Crippen LogP contribution in [0, 0.1) is 0 Å². The number of rotatable bonds is 5. The van der Waals surface area contributed by atoms with Crippen molar-refractivity contribution in [3.8, 4) is 0 Å². The van der Waals surface area contributed by atoms with Gasteiger partial charge in [-0.05, 0) is 6.42 Å². The molecule has 1 aliphatic rings. The van der Waals surface area contributed by atoms with Crippen LogP contribution in [0.3, 0.4) is 0 Å². The summed E-state index contributed by atoms with van der Waals surface area (Å²) in [5.74, 6) is -1.13. The van der Waals surface area contributed by atoms with E-state index in [9.17, 15) is 18.0 Å². The third-order valence-corrected chi connectivity index (χ3v) is 3.67. The van der Waals surface area contributed by atoms with Crippen molar-refractivity contribution in [2.24, 2.45) is 0 Å². The van der Waals surface area contributed by atoms with Gasteiger partial charge in [-0.2, -0.15) is 0 Å². The third kappa shape index (κ3) is 5.43. The summed E-state index contributed by atoms with van der Waals surface area (Å²) in [6.07, 6.45) is 1.42. The maximum atomic E-state index is 11.8. The standard InChI is InChI=1S/C10H18N2O6S/c1-19(16,17)6-2-3-11-10(15)12-4-5-18-7-8(12)9(13)14/h8H,2-7H2,1H3,(H,11,15)(H,13,14). The minimum Gasteiger partial charge on any atom is -0.480 e. The second-order valence-corrected chi connectivity index (χ2v) is 6.60. The number of amides is 2. The van der Waals surface area contributed by atoms with Crippen LogP contribution in [0.5, 0.6) is 0 Å². The van der Waals surface area contributed by atoms with E-state index in [1.807, 2.05) is 0 Å². The Bertz CT molecular complexity index is 435. The molecule has 0 radical (unpaired) electrons. The number of carbonyl (C=O) groups excluding carboxylic acids is 1. The fourth-order valence-electron chi connectivity index (χ4n) is 1.68. The fraction of sp³-hybridized carbons (Fsp3) is 0.800. The van der Waals surface area contributed by atoms with Gasteiger partial charge in [0.15, 0.2) is 6.04 Å². The molecule has 0 aromatic heterocycles. The van der Waals surface area contributed by atoms with Gasteiger partial charge in [-0.1, -0.05) is 0 Å². The van der Waals surface area contributed by atoms with Crippen LogP contribution in [0.2, 0.25) is 0 Å². The average Bonchev–Trinajstić information content (AvgIpc) is 2.33. The number of aliphatic carboxylic acids is 1. The van der Waals surface area contributed by atoms with Gasteiger partial charge in [0.1, 0.15) is 9.84 Å². The molecular weight excluding hydrogens is 276 g/mol. The van der Waals surface area contributed by atoms with E-state index in [1.54, 1.807) is 0 Å². The van der Waals surface area contributed by atoms with Gasteiger partial charge in [-0.3, -0.25) is 0 Å². The van der Waals surface area contributed by atoms with Crippen molar-refractivity contribution in [3.63, 3.8) is 0 Å². The highest BCUT2D eigenvalue weighted by molar-refractivity contribution is 7.90. The Morgan fingerprint density at radius 2 is 2.16 bits per heavy atom. The first-order valence-electron chi connectivity index (χ1n) is 5.84. The molecule has 0 aliphatic carbocycles. The van der Waals surface area contributed by atoms with E-state index in [0.717, 1.165) is 6.26 Å². The van der Waals surface area contributed by atoms with Crippen molar-refractivity contribution < 1.29 is 27.9 Å². The lowest BCUT2D eigenvalue weighted by Crippen LogP contribution is -2.55. The molecule has 9 heteroatoms. The summed E-state index contributed by atoms with van der Waals surface area (Å²) in [6, 6.07) is -1.51. The van der Waals surface area contributed by atoms with Crippen LogP contribution < -0.4 is 5.32 Å². The van der Waals surface area contributed by atoms with E-state index in [0.29, 0.717) is 13.0 Å². The van der Waals surface area contributed by atoms with Crippen LogP contribution in [0.4, 0.5) is 4.79 Å². The first-order chi connectivity index (χ1) is 8.81. The van der Waals surface area contributed by atoms with Crippen LogP contribution in [-0.2, 0) is 19.4 Å². The molecule has 110 valence electrons. The zero-order chi connectivity index (χ0) is 14.5. The second-order valence-electron chi connectivity index (χ2n) is 4.34. The fourth-order valence-corrected chi connectivity index (χ4v) is 2.35. The number of hydrogen-bond acceptors (Lipinski definition) is 5. The summed E-state index contributed by atoms with van der Waals surface area (Å²) in [7, 11) is -3.05. The van der Waals surface area contributed by atoms with Crippen LogP contribution in [0.1, 0.15) is 6.42 Å². The van der Waals surface area contributed by atoms with Gasteiger partial charge in [0.05, 0.1) is 19.0 Å². The van der Waals surface area contributed by atoms with Crippen molar-refractivity contribution in [2.75, 3.05) is 38.3 Å². The zero-order valence-electron chi connectivity index (χ0n) is 10.7. The van der Waals surface area contributed by atoms with Crippen molar-refractivity contribution in [1.82, 2.24) is 10.2 Å². The first-order valence-corrected chi connectivity index (χ1v) is 7.90. The summed E-state index contributed by atoms with van der Waals surface area (Å²) in [5, 5.41) is 11.5. The monoisotopic (exact) mass is 294 g/mol. The number of nitrogens with zero attached hydrogens (tertiary/aromatic N) is 1. The lowest BCUT2D eigenvalue weighted by Gasteiger charge is -2.32. The van der Waals surface area contributed by atoms with E-state index >= 15 is 0 Å². The van der Waals surface area contributed by atoms with Gasteiger partial charge in [0.2, 0.25) is 0 Å². The smallest absolute Gasteiger partial charge is 0.328 e. The zero-order valence-corrected chi connectivity index (χ0v) is 11.5. The van der Waals surface area contributed by atoms with Gasteiger partial charge in [-0.15, -0.1) is 0 Å². The van der Waals surface area contributed by atoms with E-state index in [2.05, 4.69) is 5.32 Å². The molecule has 0 saturated carbocycles. The molecule has 1 fully saturated rings. The normalized spacial score (nSPS) is 20.1. The molecule has 1 saturated heterocycles. The minimum absolute atomic E-state index is 0.0151. The Morgan fingerprint density at radius 1 is 1.47 bits per heavy atom. The highest BCUT2D eigenvalue weighted by Gasteiger charge is 2.32. The Balaban J connectivity index is 2.41. The summed E-state index contributed by atoms with van der Waals surface area (Å²) >= 11 is 0. The van der Waals surface area contributed by atoms with Crippen LogP contribution in [0.25, 0.3) is 0 Å². The number of ether oxygens (including phenoxy) is 1. The van der Waals surface area contributed by atoms with Gasteiger partial charge >= 0.3 is 12.0 Å². The number of carbonyl (C=O) groups is 2. The predicted octanol–water partition coefficient (Wildman–Crippen LogP) is -1.08. The molecular formula is C10H18N2O6S. The molecule has 2 amide bonds. The van der Waals surface area contributed by atoms with Crippen molar-refractivity contribution >= 4 is 21.8 Å². The molecule has 1 heterocycles. The summed E-state index contributed by atoms with van der Waals surface area (Å²) in [4.78, 5) is 23.9. The molecule has 1 atom stereocenters. The second kappa shape index (κ2) is 6.71. The Kier molecular flexibility index (Phi) is 5.55. The summed E-state index contributed by atoms with van der Waals surface area (Å²) in [5.41, 5.74) is 0. The van der Waals surface area contributed by atoms with Crippen LogP contribution in [-0.4, -0.2) is 74.8 Å². The minimum atomic E-state index is -3.05. The Hall–Kier alpha value is -1.35. The maximum absolute atomic E-state index is 11.8. The average molecular weight is 294 g/mol. The molecule has 1 unspecified atom stereocenters. The molecule has 19 heavy (non-hydrogen) atoms. The van der Waals surface area contributed by atoms with E-state index in [4.69, 9.17) is 9.84 Å². The molecule has 0 aromatic rings. The topological polar surface area (TPSA) is 113 Å². The molecule has 0 aromatic carbocycles. The number of urea groups is 1. The van der Waals surface area contributed by atoms with E-state index in [1.165, 1.54) is 4.90 Å². The van der Waals surface area contributed by atoms with Crippen LogP contribution >= 0.6 is 0 Å². The molecule has 0 bridgehead atoms. The van der Waals surface area contributed by atoms with E-state index < -0.39 is 27.9 Å². The molecule has 1 aliphatic heterocycles. The molecule has 8 nitrogen and oxygen atoms in total. The lowest BCUT2D eigenvalue weighted by molar-refractivity contribution is -0.147. The highest BCUT2D eigenvalue weighted by Crippen LogP contribution is 2.07. The van der Waals surface area contributed by atoms with Crippen LogP contribution in [0.15, 0.2) is 0 Å². The number of nitrogens with one attached hydrogen (secondary N) is 1. The van der Waals surface area contributed by atoms with Gasteiger partial charge < -0.3 is 20.1 Å². The number of hydrogen-bond donors (Lipinski definition) is 2. The predicted molar refractivity (Wildman–Crippen MR) is 66.7 cm³/mol. The van der Waals surface area contributed by atoms with E-state index in [-0.39, 0.29) is 25.4 Å². The molecule has 2 N–H and O–H groups in total. The largest absolute Gasteiger partial charge is 0.480 e. The van der Waals surface area contributed by atoms with Crippen molar-refractivity contribution in [1.29, 1.82) is 0 Å². The highest BCUT2D eigenvalue weighted by atomic mass is 32.2. The van der Waals surface area contributed by atoms with Gasteiger partial charge in [0.25, 0.3) is 0 Å². The Labute approximate surface area is 111 Å². The molecule has 0 spiro atoms. The number of morpholine rings is 1. The Morgan fingerprint density at radius 3 is 2.74 bits per heavy atom. The third-order valence-electron chi connectivity index (χ3n) is 2.64. The number of carboxylic acids is 1. The lowest BCUT2D eigenvalue weighted by atomic mass is 10.2. The molecule has 1 rings (SSSR count).